The largest absolute Gasteiger partial charge is 0.335 e. The molecule has 0 aliphatic heterocycles. The maximum atomic E-state index is 11.5. The first-order valence-corrected chi connectivity index (χ1v) is 6.37. The van der Waals surface area contributed by atoms with Gasteiger partial charge in [-0.3, -0.25) is 10.7 Å². The van der Waals surface area contributed by atoms with E-state index in [4.69, 9.17) is 5.41 Å². The number of hydrogen-bond acceptors (Lipinski definition) is 2. The molecular weight excluding hydrogens is 202 g/mol. The van der Waals surface area contributed by atoms with Gasteiger partial charge in [-0.05, 0) is 19.3 Å². The molecule has 0 saturated heterocycles. The lowest BCUT2D eigenvalue weighted by molar-refractivity contribution is 0.237. The molecule has 1 fully saturated rings. The van der Waals surface area contributed by atoms with E-state index in [-0.39, 0.29) is 6.03 Å². The summed E-state index contributed by atoms with van der Waals surface area (Å²) in [4.78, 5) is 11.5. The third-order valence-electron chi connectivity index (χ3n) is 2.99. The van der Waals surface area contributed by atoms with E-state index in [9.17, 15) is 4.79 Å². The number of carbonyl (C=O) groups is 1. The molecule has 1 saturated carbocycles. The summed E-state index contributed by atoms with van der Waals surface area (Å²) in [6, 6.07) is 0.112. The van der Waals surface area contributed by atoms with Crippen LogP contribution in [0.2, 0.25) is 0 Å². The Morgan fingerprint density at radius 2 is 2.00 bits per heavy atom. The third-order valence-corrected chi connectivity index (χ3v) is 2.99. The van der Waals surface area contributed by atoms with Gasteiger partial charge in [0.05, 0.1) is 0 Å². The predicted molar refractivity (Wildman–Crippen MR) is 65.8 cm³/mol. The minimum absolute atomic E-state index is 0.201. The number of rotatable bonds is 4. The fraction of sp³-hybridized carbons (Fsp3) is 0.833. The molecule has 0 spiro atoms. The van der Waals surface area contributed by atoms with Crippen molar-refractivity contribution in [1.29, 1.82) is 5.41 Å². The van der Waals surface area contributed by atoms with E-state index in [0.717, 1.165) is 25.7 Å². The number of nitrogens with one attached hydrogen (secondary N) is 3. The van der Waals surface area contributed by atoms with Crippen molar-refractivity contribution in [3.63, 3.8) is 0 Å². The molecular formula is C12H23N3O. The van der Waals surface area contributed by atoms with Crippen molar-refractivity contribution in [1.82, 2.24) is 10.6 Å². The molecule has 16 heavy (non-hydrogen) atoms. The van der Waals surface area contributed by atoms with E-state index in [1.165, 1.54) is 19.3 Å². The van der Waals surface area contributed by atoms with Gasteiger partial charge in [-0.15, -0.1) is 0 Å². The first kappa shape index (κ1) is 13.0. The highest BCUT2D eigenvalue weighted by atomic mass is 16.2. The maximum Gasteiger partial charge on any atom is 0.320 e. The third kappa shape index (κ3) is 5.14. The predicted octanol–water partition coefficient (Wildman–Crippen LogP) is 2.79. The van der Waals surface area contributed by atoms with E-state index in [0.29, 0.717) is 18.3 Å². The van der Waals surface area contributed by atoms with Gasteiger partial charge in [0.25, 0.3) is 0 Å². The molecule has 1 rings (SSSR count). The van der Waals surface area contributed by atoms with Crippen molar-refractivity contribution in [2.24, 2.45) is 0 Å². The fourth-order valence-electron chi connectivity index (χ4n) is 2.02. The number of amidine groups is 1. The van der Waals surface area contributed by atoms with E-state index in [1.54, 1.807) is 0 Å². The molecule has 92 valence electrons. The van der Waals surface area contributed by atoms with Gasteiger partial charge in [0.1, 0.15) is 5.84 Å². The van der Waals surface area contributed by atoms with Crippen LogP contribution in [0.1, 0.15) is 58.3 Å². The van der Waals surface area contributed by atoms with E-state index >= 15 is 0 Å². The van der Waals surface area contributed by atoms with Gasteiger partial charge in [-0.2, -0.15) is 0 Å². The molecule has 0 unspecified atom stereocenters. The van der Waals surface area contributed by atoms with Crippen LogP contribution in [0.3, 0.4) is 0 Å². The highest BCUT2D eigenvalue weighted by molar-refractivity contribution is 5.95. The molecule has 3 N–H and O–H groups in total. The van der Waals surface area contributed by atoms with Crippen LogP contribution in [-0.4, -0.2) is 17.9 Å². The summed E-state index contributed by atoms with van der Waals surface area (Å²) in [5.41, 5.74) is 0. The number of hydrogen-bond donors (Lipinski definition) is 3. The first-order valence-electron chi connectivity index (χ1n) is 6.37. The van der Waals surface area contributed by atoms with Gasteiger partial charge in [0.15, 0.2) is 0 Å². The number of amides is 2. The van der Waals surface area contributed by atoms with Crippen LogP contribution < -0.4 is 10.6 Å². The SMILES string of the molecule is CCCCC(=N)NC(=O)NC1CCCCC1. The maximum absolute atomic E-state index is 11.5. The lowest BCUT2D eigenvalue weighted by Gasteiger charge is -2.22. The Kier molecular flexibility index (Phi) is 5.90. The summed E-state index contributed by atoms with van der Waals surface area (Å²) in [5, 5.41) is 13.1. The van der Waals surface area contributed by atoms with E-state index < -0.39 is 0 Å². The van der Waals surface area contributed by atoms with Crippen molar-refractivity contribution in [2.45, 2.75) is 64.3 Å². The topological polar surface area (TPSA) is 65.0 Å². The molecule has 0 radical (unpaired) electrons. The van der Waals surface area contributed by atoms with Crippen LogP contribution in [0.4, 0.5) is 4.79 Å². The molecule has 0 bridgehead atoms. The minimum Gasteiger partial charge on any atom is -0.335 e. The zero-order valence-electron chi connectivity index (χ0n) is 10.1. The van der Waals surface area contributed by atoms with Crippen molar-refractivity contribution < 1.29 is 4.79 Å². The second-order valence-electron chi connectivity index (χ2n) is 4.52. The van der Waals surface area contributed by atoms with Gasteiger partial charge in [-0.25, -0.2) is 4.79 Å². The normalized spacial score (nSPS) is 16.8. The Bertz CT molecular complexity index is 234. The molecule has 1 aliphatic rings. The zero-order valence-corrected chi connectivity index (χ0v) is 10.1. The molecule has 4 nitrogen and oxygen atoms in total. The second kappa shape index (κ2) is 7.25. The Balaban J connectivity index is 2.16. The first-order chi connectivity index (χ1) is 7.72. The Morgan fingerprint density at radius 3 is 2.62 bits per heavy atom. The van der Waals surface area contributed by atoms with Gasteiger partial charge in [0.2, 0.25) is 0 Å². The Morgan fingerprint density at radius 1 is 1.31 bits per heavy atom. The smallest absolute Gasteiger partial charge is 0.320 e. The quantitative estimate of drug-likeness (QED) is 0.500. The highest BCUT2D eigenvalue weighted by Gasteiger charge is 2.15. The molecule has 2 amide bonds. The van der Waals surface area contributed by atoms with Gasteiger partial charge >= 0.3 is 6.03 Å². The summed E-state index contributed by atoms with van der Waals surface area (Å²) in [5.74, 6) is 0.329. The molecule has 1 aliphatic carbocycles. The van der Waals surface area contributed by atoms with Crippen molar-refractivity contribution in [3.8, 4) is 0 Å². The van der Waals surface area contributed by atoms with Crippen LogP contribution >= 0.6 is 0 Å². The minimum atomic E-state index is -0.201. The standard InChI is InChI=1S/C12H23N3O/c1-2-3-9-11(13)15-12(16)14-10-7-5-4-6-8-10/h10H,2-9H2,1H3,(H3,13,14,15,16). The lowest BCUT2D eigenvalue weighted by atomic mass is 9.96. The molecule has 4 heteroatoms. The van der Waals surface area contributed by atoms with Crippen molar-refractivity contribution >= 4 is 11.9 Å². The van der Waals surface area contributed by atoms with Crippen LogP contribution in [0, 0.1) is 5.41 Å². The number of unbranched alkanes of at least 4 members (excludes halogenated alkanes) is 1. The van der Waals surface area contributed by atoms with E-state index in [2.05, 4.69) is 17.6 Å². The van der Waals surface area contributed by atoms with Crippen molar-refractivity contribution in [3.05, 3.63) is 0 Å². The zero-order chi connectivity index (χ0) is 11.8. The Labute approximate surface area is 97.7 Å². The summed E-state index contributed by atoms with van der Waals surface area (Å²) in [6.07, 6.45) is 8.53. The molecule has 0 atom stereocenters. The average Bonchev–Trinajstić information content (AvgIpc) is 2.27. The monoisotopic (exact) mass is 225 g/mol. The van der Waals surface area contributed by atoms with E-state index in [1.807, 2.05) is 0 Å². The van der Waals surface area contributed by atoms with Crippen LogP contribution in [0.15, 0.2) is 0 Å². The van der Waals surface area contributed by atoms with Crippen LogP contribution in [0.25, 0.3) is 0 Å². The van der Waals surface area contributed by atoms with Crippen LogP contribution in [0.5, 0.6) is 0 Å². The molecule has 0 heterocycles. The Hall–Kier alpha value is -1.06. The number of urea groups is 1. The van der Waals surface area contributed by atoms with Gasteiger partial charge in [0, 0.05) is 12.5 Å². The highest BCUT2D eigenvalue weighted by Crippen LogP contribution is 2.17. The summed E-state index contributed by atoms with van der Waals surface area (Å²) >= 11 is 0. The summed E-state index contributed by atoms with van der Waals surface area (Å²) in [6.45, 7) is 2.08. The molecule has 0 aromatic carbocycles. The van der Waals surface area contributed by atoms with Crippen molar-refractivity contribution in [2.75, 3.05) is 0 Å². The van der Waals surface area contributed by atoms with Gasteiger partial charge < -0.3 is 5.32 Å². The van der Waals surface area contributed by atoms with Gasteiger partial charge in [-0.1, -0.05) is 32.6 Å². The average molecular weight is 225 g/mol. The summed E-state index contributed by atoms with van der Waals surface area (Å²) in [7, 11) is 0. The second-order valence-corrected chi connectivity index (χ2v) is 4.52. The summed E-state index contributed by atoms with van der Waals surface area (Å²) < 4.78 is 0. The fourth-order valence-corrected chi connectivity index (χ4v) is 2.02. The molecule has 0 aromatic heterocycles. The number of carbonyl (C=O) groups excluding carboxylic acids is 1. The lowest BCUT2D eigenvalue weighted by Crippen LogP contribution is -2.44. The van der Waals surface area contributed by atoms with Crippen LogP contribution in [-0.2, 0) is 0 Å². The molecule has 0 aromatic rings.